The highest BCUT2D eigenvalue weighted by molar-refractivity contribution is 6.19. The molecule has 0 atom stereocenters. The van der Waals surface area contributed by atoms with Crippen LogP contribution >= 0.6 is 11.6 Å². The highest BCUT2D eigenvalue weighted by atomic mass is 35.5. The molecular formula is C16H18ClFO. The van der Waals surface area contributed by atoms with Crippen LogP contribution in [0.15, 0.2) is 18.2 Å². The van der Waals surface area contributed by atoms with E-state index in [1.807, 2.05) is 0 Å². The van der Waals surface area contributed by atoms with Crippen molar-refractivity contribution >= 4 is 11.6 Å². The summed E-state index contributed by atoms with van der Waals surface area (Å²) in [5.74, 6) is 6.56. The highest BCUT2D eigenvalue weighted by Gasteiger charge is 2.19. The van der Waals surface area contributed by atoms with Crippen LogP contribution in [0.4, 0.5) is 4.39 Å². The second-order valence-corrected chi connectivity index (χ2v) is 5.34. The van der Waals surface area contributed by atoms with E-state index in [1.54, 1.807) is 12.1 Å². The summed E-state index contributed by atoms with van der Waals surface area (Å²) in [6.45, 7) is 2.26. The van der Waals surface area contributed by atoms with Gasteiger partial charge in [0.1, 0.15) is 11.6 Å². The van der Waals surface area contributed by atoms with Gasteiger partial charge in [0, 0.05) is 6.07 Å². The predicted octanol–water partition coefficient (Wildman–Crippen LogP) is 4.37. The predicted molar refractivity (Wildman–Crippen MR) is 76.0 cm³/mol. The van der Waals surface area contributed by atoms with E-state index in [1.165, 1.54) is 18.9 Å². The molecule has 1 aliphatic carbocycles. The second-order valence-electron chi connectivity index (χ2n) is 5.08. The van der Waals surface area contributed by atoms with E-state index in [0.717, 1.165) is 18.8 Å². The molecule has 0 aromatic heterocycles. The zero-order valence-corrected chi connectivity index (χ0v) is 11.8. The summed E-state index contributed by atoms with van der Waals surface area (Å²) < 4.78 is 19.6. The zero-order valence-electron chi connectivity index (χ0n) is 11.1. The van der Waals surface area contributed by atoms with Gasteiger partial charge in [-0.3, -0.25) is 0 Å². The van der Waals surface area contributed by atoms with Crippen LogP contribution in [0.25, 0.3) is 0 Å². The average molecular weight is 281 g/mol. The molecule has 0 unspecified atom stereocenters. The summed E-state index contributed by atoms with van der Waals surface area (Å²) in [6.07, 6.45) is 4.70. The van der Waals surface area contributed by atoms with Gasteiger partial charge in [0.25, 0.3) is 0 Å². The fraction of sp³-hybridized carbons (Fsp3) is 0.500. The van der Waals surface area contributed by atoms with E-state index in [4.69, 9.17) is 16.3 Å². The summed E-state index contributed by atoms with van der Waals surface area (Å²) in [7, 11) is 0. The maximum absolute atomic E-state index is 13.8. The third-order valence-electron chi connectivity index (χ3n) is 3.50. The minimum Gasteiger partial charge on any atom is -0.490 e. The zero-order chi connectivity index (χ0) is 13.7. The summed E-state index contributed by atoms with van der Waals surface area (Å²) >= 11 is 5.45. The first-order valence-corrected chi connectivity index (χ1v) is 7.23. The molecule has 0 aliphatic heterocycles. The minimum absolute atomic E-state index is 0.206. The number of benzene rings is 1. The minimum atomic E-state index is -0.348. The van der Waals surface area contributed by atoms with Crippen molar-refractivity contribution in [3.63, 3.8) is 0 Å². The van der Waals surface area contributed by atoms with E-state index in [-0.39, 0.29) is 17.8 Å². The molecule has 0 bridgehead atoms. The Morgan fingerprint density at radius 1 is 1.32 bits per heavy atom. The molecule has 1 fully saturated rings. The lowest BCUT2D eigenvalue weighted by atomic mass is 9.89. The van der Waals surface area contributed by atoms with Gasteiger partial charge in [-0.2, -0.15) is 0 Å². The van der Waals surface area contributed by atoms with Crippen molar-refractivity contribution < 1.29 is 9.13 Å². The molecule has 0 N–H and O–H groups in total. The van der Waals surface area contributed by atoms with E-state index >= 15 is 0 Å². The molecule has 1 saturated carbocycles. The average Bonchev–Trinajstić information content (AvgIpc) is 2.41. The van der Waals surface area contributed by atoms with Gasteiger partial charge < -0.3 is 4.74 Å². The number of hydrogen-bond acceptors (Lipinski definition) is 1. The molecule has 0 radical (unpaired) electrons. The Kier molecular flexibility index (Phi) is 5.10. The molecule has 0 spiro atoms. The van der Waals surface area contributed by atoms with Crippen LogP contribution in [-0.4, -0.2) is 12.0 Å². The van der Waals surface area contributed by atoms with Crippen molar-refractivity contribution in [2.45, 2.75) is 38.7 Å². The third-order valence-corrected chi connectivity index (χ3v) is 3.63. The molecule has 1 aromatic rings. The van der Waals surface area contributed by atoms with Crippen LogP contribution < -0.4 is 4.74 Å². The Morgan fingerprint density at radius 2 is 2.05 bits per heavy atom. The van der Waals surface area contributed by atoms with Crippen molar-refractivity contribution in [3.05, 3.63) is 29.6 Å². The lowest BCUT2D eigenvalue weighted by molar-refractivity contribution is 0.135. The van der Waals surface area contributed by atoms with Gasteiger partial charge in [-0.1, -0.05) is 18.8 Å². The molecule has 0 heterocycles. The summed E-state index contributed by atoms with van der Waals surface area (Å²) in [5, 5.41) is 0. The summed E-state index contributed by atoms with van der Waals surface area (Å²) in [6, 6.07) is 4.84. The van der Waals surface area contributed by atoms with Gasteiger partial charge in [0.05, 0.1) is 17.5 Å². The van der Waals surface area contributed by atoms with Crippen molar-refractivity contribution in [2.75, 3.05) is 5.88 Å². The maximum Gasteiger partial charge on any atom is 0.142 e. The smallest absolute Gasteiger partial charge is 0.142 e. The monoisotopic (exact) mass is 280 g/mol. The maximum atomic E-state index is 13.8. The Morgan fingerprint density at radius 3 is 2.68 bits per heavy atom. The lowest BCUT2D eigenvalue weighted by Crippen LogP contribution is -2.23. The first kappa shape index (κ1) is 14.2. The molecule has 3 heteroatoms. The molecule has 2 rings (SSSR count). The van der Waals surface area contributed by atoms with E-state index in [0.29, 0.717) is 11.3 Å². The summed E-state index contributed by atoms with van der Waals surface area (Å²) in [5.41, 5.74) is 0.366. The third kappa shape index (κ3) is 4.14. The first-order chi connectivity index (χ1) is 9.19. The van der Waals surface area contributed by atoms with Crippen LogP contribution in [0.1, 0.15) is 38.2 Å². The van der Waals surface area contributed by atoms with Crippen LogP contribution in [0.3, 0.4) is 0 Å². The first-order valence-electron chi connectivity index (χ1n) is 6.70. The Bertz CT molecular complexity index is 481. The molecule has 0 amide bonds. The SMILES string of the molecule is CC1CCC(Oc2ccc(C#CCCl)c(F)c2)CC1. The number of ether oxygens (including phenoxy) is 1. The standard InChI is InChI=1S/C16H18ClFO/c1-12-4-7-14(8-5-12)19-15-9-6-13(3-2-10-17)16(18)11-15/h6,9,11-12,14H,4-5,7-8,10H2,1H3. The molecule has 1 nitrogen and oxygen atoms in total. The van der Waals surface area contributed by atoms with Gasteiger partial charge in [0.15, 0.2) is 0 Å². The van der Waals surface area contributed by atoms with Gasteiger partial charge in [-0.15, -0.1) is 11.6 Å². The van der Waals surface area contributed by atoms with E-state index in [2.05, 4.69) is 18.8 Å². The largest absolute Gasteiger partial charge is 0.490 e. The van der Waals surface area contributed by atoms with Crippen molar-refractivity contribution in [2.24, 2.45) is 5.92 Å². The van der Waals surface area contributed by atoms with Gasteiger partial charge in [-0.05, 0) is 43.7 Å². The quantitative estimate of drug-likeness (QED) is 0.577. The fourth-order valence-corrected chi connectivity index (χ4v) is 2.41. The van der Waals surface area contributed by atoms with Gasteiger partial charge >= 0.3 is 0 Å². The van der Waals surface area contributed by atoms with Crippen molar-refractivity contribution in [1.29, 1.82) is 0 Å². The number of rotatable bonds is 2. The van der Waals surface area contributed by atoms with Crippen LogP contribution in [0.2, 0.25) is 0 Å². The topological polar surface area (TPSA) is 9.23 Å². The Labute approximate surface area is 119 Å². The van der Waals surface area contributed by atoms with Gasteiger partial charge in [0.2, 0.25) is 0 Å². The van der Waals surface area contributed by atoms with Crippen molar-refractivity contribution in [3.8, 4) is 17.6 Å². The van der Waals surface area contributed by atoms with Gasteiger partial charge in [-0.25, -0.2) is 4.39 Å². The van der Waals surface area contributed by atoms with Crippen LogP contribution in [0, 0.1) is 23.6 Å². The van der Waals surface area contributed by atoms with Crippen molar-refractivity contribution in [1.82, 2.24) is 0 Å². The molecule has 1 aliphatic rings. The molecule has 19 heavy (non-hydrogen) atoms. The fourth-order valence-electron chi connectivity index (χ4n) is 2.34. The molecule has 1 aromatic carbocycles. The summed E-state index contributed by atoms with van der Waals surface area (Å²) in [4.78, 5) is 0. The normalized spacial score (nSPS) is 22.5. The Hall–Kier alpha value is -1.20. The highest BCUT2D eigenvalue weighted by Crippen LogP contribution is 2.27. The second kappa shape index (κ2) is 6.82. The number of halogens is 2. The van der Waals surface area contributed by atoms with Crippen LogP contribution in [-0.2, 0) is 0 Å². The molecular weight excluding hydrogens is 263 g/mol. The Balaban J connectivity index is 2.00. The molecule has 0 saturated heterocycles. The molecule has 102 valence electrons. The lowest BCUT2D eigenvalue weighted by Gasteiger charge is -2.26. The number of alkyl halides is 1. The van der Waals surface area contributed by atoms with E-state index in [9.17, 15) is 4.39 Å². The van der Waals surface area contributed by atoms with E-state index < -0.39 is 0 Å². The van der Waals surface area contributed by atoms with Crippen LogP contribution in [0.5, 0.6) is 5.75 Å². The number of hydrogen-bond donors (Lipinski definition) is 0.